The molecule has 2 aromatic rings. The molecule has 6 nitrogen and oxygen atoms in total. The zero-order valence-electron chi connectivity index (χ0n) is 17.0. The Labute approximate surface area is 175 Å². The number of likely N-dealkylation sites (tertiary alicyclic amines) is 2. The Kier molecular flexibility index (Phi) is 6.08. The normalized spacial score (nSPS) is 22.9. The molecule has 3 atom stereocenters. The Morgan fingerprint density at radius 2 is 1.93 bits per heavy atom. The summed E-state index contributed by atoms with van der Waals surface area (Å²) in [7, 11) is 1.50. The molecule has 2 fully saturated rings. The van der Waals surface area contributed by atoms with E-state index in [-0.39, 0.29) is 42.1 Å². The summed E-state index contributed by atoms with van der Waals surface area (Å²) in [6.45, 7) is 1.77. The van der Waals surface area contributed by atoms with E-state index < -0.39 is 0 Å². The molecular formula is C23H26FN3O3. The number of carbonyl (C=O) groups excluding carboxylic acids is 2. The number of nitrogens with zero attached hydrogens (tertiary/aromatic N) is 3. The fourth-order valence-electron chi connectivity index (χ4n) is 4.79. The van der Waals surface area contributed by atoms with Gasteiger partial charge in [0.15, 0.2) is 0 Å². The van der Waals surface area contributed by atoms with E-state index in [1.54, 1.807) is 23.4 Å². The van der Waals surface area contributed by atoms with Crippen LogP contribution in [-0.2, 0) is 20.7 Å². The van der Waals surface area contributed by atoms with E-state index in [1.807, 2.05) is 23.1 Å². The van der Waals surface area contributed by atoms with E-state index in [4.69, 9.17) is 4.74 Å². The molecule has 0 saturated carbocycles. The minimum absolute atomic E-state index is 0.000165. The van der Waals surface area contributed by atoms with Gasteiger partial charge in [0, 0.05) is 57.4 Å². The zero-order chi connectivity index (χ0) is 21.1. The number of fused-ring (bicyclic) bond motifs is 1. The molecule has 2 aliphatic rings. The molecule has 4 rings (SSSR count). The van der Waals surface area contributed by atoms with Crippen LogP contribution in [0.1, 0.15) is 23.6 Å². The van der Waals surface area contributed by atoms with Gasteiger partial charge in [-0.3, -0.25) is 14.6 Å². The Morgan fingerprint density at radius 3 is 2.67 bits per heavy atom. The van der Waals surface area contributed by atoms with Gasteiger partial charge in [0.1, 0.15) is 12.4 Å². The van der Waals surface area contributed by atoms with E-state index in [9.17, 15) is 14.0 Å². The first-order valence-corrected chi connectivity index (χ1v) is 10.3. The summed E-state index contributed by atoms with van der Waals surface area (Å²) >= 11 is 0. The third kappa shape index (κ3) is 4.21. The maximum atomic E-state index is 13.9. The lowest BCUT2D eigenvalue weighted by atomic mass is 9.89. The topological polar surface area (TPSA) is 62.7 Å². The summed E-state index contributed by atoms with van der Waals surface area (Å²) in [4.78, 5) is 33.2. The average Bonchev–Trinajstić information content (AvgIpc) is 3.31. The molecule has 0 spiro atoms. The van der Waals surface area contributed by atoms with Crippen LogP contribution in [0.3, 0.4) is 0 Å². The second kappa shape index (κ2) is 8.92. The highest BCUT2D eigenvalue weighted by Crippen LogP contribution is 2.45. The Hall–Kier alpha value is -2.80. The first-order valence-electron chi connectivity index (χ1n) is 10.3. The van der Waals surface area contributed by atoms with Gasteiger partial charge in [0.2, 0.25) is 11.8 Å². The molecular weight excluding hydrogens is 385 g/mol. The van der Waals surface area contributed by atoms with E-state index in [2.05, 4.69) is 4.98 Å². The van der Waals surface area contributed by atoms with Crippen LogP contribution >= 0.6 is 0 Å². The number of aryl methyl sites for hydroxylation is 1. The highest BCUT2D eigenvalue weighted by atomic mass is 19.1. The van der Waals surface area contributed by atoms with Gasteiger partial charge in [0.05, 0.1) is 6.04 Å². The van der Waals surface area contributed by atoms with Crippen molar-refractivity contribution in [1.29, 1.82) is 0 Å². The van der Waals surface area contributed by atoms with Crippen LogP contribution in [0.25, 0.3) is 0 Å². The van der Waals surface area contributed by atoms with E-state index in [0.717, 1.165) is 11.1 Å². The van der Waals surface area contributed by atoms with Gasteiger partial charge in [-0.25, -0.2) is 4.39 Å². The third-order valence-electron chi connectivity index (χ3n) is 6.17. The van der Waals surface area contributed by atoms with Crippen LogP contribution in [0.5, 0.6) is 0 Å². The van der Waals surface area contributed by atoms with Crippen molar-refractivity contribution in [3.8, 4) is 0 Å². The maximum absolute atomic E-state index is 13.9. The minimum Gasteiger partial charge on any atom is -0.375 e. The van der Waals surface area contributed by atoms with Crippen molar-refractivity contribution in [1.82, 2.24) is 14.8 Å². The molecule has 30 heavy (non-hydrogen) atoms. The summed E-state index contributed by atoms with van der Waals surface area (Å²) in [5, 5.41) is 0. The van der Waals surface area contributed by atoms with Crippen molar-refractivity contribution >= 4 is 11.8 Å². The third-order valence-corrected chi connectivity index (χ3v) is 6.17. The number of methoxy groups -OCH3 is 1. The smallest absolute Gasteiger partial charge is 0.249 e. The molecule has 2 aliphatic heterocycles. The van der Waals surface area contributed by atoms with Gasteiger partial charge in [-0.15, -0.1) is 0 Å². The molecule has 0 bridgehead atoms. The highest BCUT2D eigenvalue weighted by Gasteiger charge is 2.49. The van der Waals surface area contributed by atoms with Gasteiger partial charge < -0.3 is 14.5 Å². The van der Waals surface area contributed by atoms with Gasteiger partial charge in [-0.1, -0.05) is 12.1 Å². The largest absolute Gasteiger partial charge is 0.375 e. The quantitative estimate of drug-likeness (QED) is 0.733. The molecule has 2 amide bonds. The number of rotatable bonds is 6. The van der Waals surface area contributed by atoms with Gasteiger partial charge in [-0.2, -0.15) is 0 Å². The fraction of sp³-hybridized carbons (Fsp3) is 0.435. The molecule has 1 aromatic carbocycles. The van der Waals surface area contributed by atoms with Crippen molar-refractivity contribution in [2.75, 3.05) is 33.4 Å². The standard InChI is InChI=1S/C23H26FN3O3/c1-30-15-22(29)27-13-18-12-26(21(28)6-5-16-7-9-25-10-8-16)14-20(18)23(27)17-3-2-4-19(24)11-17/h2-4,7-11,18,20,23H,5-6,12-15H2,1H3/t18-,20-,23+/m1/s1. The van der Waals surface area contributed by atoms with Crippen LogP contribution in [0.2, 0.25) is 0 Å². The van der Waals surface area contributed by atoms with Crippen molar-refractivity contribution in [2.24, 2.45) is 11.8 Å². The average molecular weight is 411 g/mol. The van der Waals surface area contributed by atoms with E-state index >= 15 is 0 Å². The second-order valence-electron chi connectivity index (χ2n) is 8.06. The molecule has 7 heteroatoms. The molecule has 1 aromatic heterocycles. The Bertz CT molecular complexity index is 908. The molecule has 0 unspecified atom stereocenters. The predicted molar refractivity (Wildman–Crippen MR) is 109 cm³/mol. The van der Waals surface area contributed by atoms with Gasteiger partial charge in [-0.05, 0) is 41.8 Å². The summed E-state index contributed by atoms with van der Waals surface area (Å²) < 4.78 is 19.0. The zero-order valence-corrected chi connectivity index (χ0v) is 17.0. The lowest BCUT2D eigenvalue weighted by molar-refractivity contribution is -0.137. The van der Waals surface area contributed by atoms with E-state index in [1.165, 1.54) is 19.2 Å². The molecule has 158 valence electrons. The van der Waals surface area contributed by atoms with Crippen molar-refractivity contribution in [2.45, 2.75) is 18.9 Å². The van der Waals surface area contributed by atoms with Crippen LogP contribution in [-0.4, -0.2) is 59.9 Å². The first kappa shape index (κ1) is 20.5. The molecule has 0 aliphatic carbocycles. The highest BCUT2D eigenvalue weighted by molar-refractivity contribution is 5.79. The first-order chi connectivity index (χ1) is 14.6. The number of carbonyl (C=O) groups is 2. The number of hydrogen-bond acceptors (Lipinski definition) is 4. The fourth-order valence-corrected chi connectivity index (χ4v) is 4.79. The second-order valence-corrected chi connectivity index (χ2v) is 8.06. The Balaban J connectivity index is 1.48. The lowest BCUT2D eigenvalue weighted by Gasteiger charge is -2.30. The summed E-state index contributed by atoms with van der Waals surface area (Å²) in [6, 6.07) is 10.0. The summed E-state index contributed by atoms with van der Waals surface area (Å²) in [5.41, 5.74) is 1.87. The number of pyridine rings is 1. The molecule has 0 N–H and O–H groups in total. The number of aromatic nitrogens is 1. The van der Waals surface area contributed by atoms with Crippen LogP contribution in [0.15, 0.2) is 48.8 Å². The predicted octanol–water partition coefficient (Wildman–Crippen LogP) is 2.46. The molecule has 3 heterocycles. The van der Waals surface area contributed by atoms with Crippen molar-refractivity contribution in [3.05, 3.63) is 65.7 Å². The van der Waals surface area contributed by atoms with Gasteiger partial charge in [0.25, 0.3) is 0 Å². The minimum atomic E-state index is -0.321. The number of benzene rings is 1. The number of ether oxygens (including phenoxy) is 1. The SMILES string of the molecule is COCC(=O)N1C[C@H]2CN(C(=O)CCc3ccncc3)C[C@H]2[C@@H]1c1cccc(F)c1. The monoisotopic (exact) mass is 411 g/mol. The van der Waals surface area contributed by atoms with Crippen LogP contribution in [0.4, 0.5) is 4.39 Å². The summed E-state index contributed by atoms with van der Waals surface area (Å²) in [6.07, 6.45) is 4.59. The number of amides is 2. The lowest BCUT2D eigenvalue weighted by Crippen LogP contribution is -2.39. The van der Waals surface area contributed by atoms with Crippen molar-refractivity contribution in [3.63, 3.8) is 0 Å². The number of halogens is 1. The Morgan fingerprint density at radius 1 is 1.13 bits per heavy atom. The molecule has 0 radical (unpaired) electrons. The van der Waals surface area contributed by atoms with Gasteiger partial charge >= 0.3 is 0 Å². The van der Waals surface area contributed by atoms with Crippen LogP contribution in [0, 0.1) is 17.7 Å². The van der Waals surface area contributed by atoms with E-state index in [0.29, 0.717) is 32.5 Å². The maximum Gasteiger partial charge on any atom is 0.249 e. The van der Waals surface area contributed by atoms with Crippen LogP contribution < -0.4 is 0 Å². The number of hydrogen-bond donors (Lipinski definition) is 0. The van der Waals surface area contributed by atoms with Crippen molar-refractivity contribution < 1.29 is 18.7 Å². The molecule has 2 saturated heterocycles. The summed E-state index contributed by atoms with van der Waals surface area (Å²) in [5.74, 6) is -0.0227.